The van der Waals surface area contributed by atoms with Gasteiger partial charge in [0, 0.05) is 35.6 Å². The van der Waals surface area contributed by atoms with Crippen LogP contribution in [0, 0.1) is 5.92 Å². The first-order valence-corrected chi connectivity index (χ1v) is 10.2. The van der Waals surface area contributed by atoms with Crippen LogP contribution in [0.5, 0.6) is 0 Å². The van der Waals surface area contributed by atoms with Gasteiger partial charge in [-0.2, -0.15) is 17.7 Å². The number of amides is 1. The standard InChI is InChI=1S/C19H17Cl2F3N6O/c20-13-2-1-12(14(21)9-13)10-25-17(31)11-5-7-29(8-6-11)16-4-3-15-26-27-18(19(22,23)24)30(15)28-16/h1-4,9,11H,5-8,10H2,(H,25,31). The van der Waals surface area contributed by atoms with E-state index in [1.165, 1.54) is 6.07 Å². The molecule has 4 rings (SSSR count). The van der Waals surface area contributed by atoms with E-state index in [4.69, 9.17) is 23.2 Å². The van der Waals surface area contributed by atoms with E-state index in [9.17, 15) is 18.0 Å². The third-order valence-electron chi connectivity index (χ3n) is 5.16. The van der Waals surface area contributed by atoms with Gasteiger partial charge in [0.25, 0.3) is 5.82 Å². The summed E-state index contributed by atoms with van der Waals surface area (Å²) < 4.78 is 39.9. The molecular formula is C19H17Cl2F3N6O. The topological polar surface area (TPSA) is 75.4 Å². The van der Waals surface area contributed by atoms with Gasteiger partial charge in [-0.25, -0.2) is 0 Å². The van der Waals surface area contributed by atoms with Gasteiger partial charge in [-0.1, -0.05) is 29.3 Å². The Balaban J connectivity index is 1.37. The van der Waals surface area contributed by atoms with Gasteiger partial charge in [0.2, 0.25) is 5.91 Å². The highest BCUT2D eigenvalue weighted by Gasteiger charge is 2.38. The lowest BCUT2D eigenvalue weighted by atomic mass is 9.96. The maximum atomic E-state index is 13.1. The van der Waals surface area contributed by atoms with Gasteiger partial charge in [-0.3, -0.25) is 4.79 Å². The van der Waals surface area contributed by atoms with Crippen molar-refractivity contribution >= 4 is 40.6 Å². The Morgan fingerprint density at radius 2 is 1.87 bits per heavy atom. The molecule has 2 aromatic heterocycles. The monoisotopic (exact) mass is 472 g/mol. The molecule has 3 heterocycles. The molecule has 0 unspecified atom stereocenters. The van der Waals surface area contributed by atoms with Gasteiger partial charge >= 0.3 is 6.18 Å². The lowest BCUT2D eigenvalue weighted by Gasteiger charge is -2.32. The number of benzene rings is 1. The molecule has 164 valence electrons. The highest BCUT2D eigenvalue weighted by molar-refractivity contribution is 6.35. The maximum Gasteiger partial charge on any atom is 0.453 e. The van der Waals surface area contributed by atoms with Crippen molar-refractivity contribution in [2.45, 2.75) is 25.6 Å². The summed E-state index contributed by atoms with van der Waals surface area (Å²) >= 11 is 12.0. The summed E-state index contributed by atoms with van der Waals surface area (Å²) in [6.45, 7) is 1.27. The Kier molecular flexibility index (Phi) is 5.94. The zero-order valence-electron chi connectivity index (χ0n) is 16.0. The largest absolute Gasteiger partial charge is 0.453 e. The van der Waals surface area contributed by atoms with Crippen molar-refractivity contribution in [2.75, 3.05) is 18.0 Å². The second kappa shape index (κ2) is 8.51. The number of anilines is 1. The van der Waals surface area contributed by atoms with Crippen molar-refractivity contribution in [3.63, 3.8) is 0 Å². The molecular weight excluding hydrogens is 456 g/mol. The minimum absolute atomic E-state index is 0.0196. The van der Waals surface area contributed by atoms with Crippen LogP contribution in [0.2, 0.25) is 10.0 Å². The highest BCUT2D eigenvalue weighted by atomic mass is 35.5. The van der Waals surface area contributed by atoms with Crippen molar-refractivity contribution in [1.82, 2.24) is 25.1 Å². The quantitative estimate of drug-likeness (QED) is 0.621. The number of rotatable bonds is 4. The zero-order valence-corrected chi connectivity index (χ0v) is 17.5. The van der Waals surface area contributed by atoms with Gasteiger partial charge in [0.15, 0.2) is 5.65 Å². The van der Waals surface area contributed by atoms with E-state index >= 15 is 0 Å². The Bertz CT molecular complexity index is 1110. The number of hydrogen-bond donors (Lipinski definition) is 1. The number of nitrogens with one attached hydrogen (secondary N) is 1. The van der Waals surface area contributed by atoms with Crippen LogP contribution in [0.15, 0.2) is 30.3 Å². The van der Waals surface area contributed by atoms with Crippen LogP contribution in [0.25, 0.3) is 5.65 Å². The molecule has 1 amide bonds. The van der Waals surface area contributed by atoms with E-state index in [1.54, 1.807) is 24.3 Å². The molecule has 12 heteroatoms. The number of alkyl halides is 3. The second-order valence-electron chi connectivity index (χ2n) is 7.20. The molecule has 3 aromatic rings. The summed E-state index contributed by atoms with van der Waals surface area (Å²) in [4.78, 5) is 14.4. The Morgan fingerprint density at radius 3 is 2.55 bits per heavy atom. The molecule has 1 saturated heterocycles. The van der Waals surface area contributed by atoms with Crippen LogP contribution in [-0.2, 0) is 17.5 Å². The first-order chi connectivity index (χ1) is 14.7. The number of halogens is 5. The number of carbonyl (C=O) groups excluding carboxylic acids is 1. The van der Waals surface area contributed by atoms with Crippen LogP contribution in [0.4, 0.5) is 19.0 Å². The SMILES string of the molecule is O=C(NCc1ccc(Cl)cc1Cl)C1CCN(c2ccc3nnc(C(F)(F)F)n3n2)CC1. The first kappa shape index (κ1) is 21.6. The zero-order chi connectivity index (χ0) is 22.2. The number of aromatic nitrogens is 4. The highest BCUT2D eigenvalue weighted by Crippen LogP contribution is 2.29. The molecule has 1 N–H and O–H groups in total. The number of piperidine rings is 1. The predicted octanol–water partition coefficient (Wildman–Crippen LogP) is 3.98. The molecule has 0 bridgehead atoms. The third-order valence-corrected chi connectivity index (χ3v) is 5.75. The van der Waals surface area contributed by atoms with Gasteiger partial charge in [0.05, 0.1) is 0 Å². The summed E-state index contributed by atoms with van der Waals surface area (Å²) in [7, 11) is 0. The summed E-state index contributed by atoms with van der Waals surface area (Å²) in [5.74, 6) is -1.08. The van der Waals surface area contributed by atoms with Crippen molar-refractivity contribution in [1.29, 1.82) is 0 Å². The van der Waals surface area contributed by atoms with E-state index in [0.717, 1.165) is 5.56 Å². The van der Waals surface area contributed by atoms with Crippen LogP contribution in [-0.4, -0.2) is 38.8 Å². The van der Waals surface area contributed by atoms with Crippen LogP contribution < -0.4 is 10.2 Å². The smallest absolute Gasteiger partial charge is 0.355 e. The van der Waals surface area contributed by atoms with E-state index in [1.807, 2.05) is 4.90 Å². The lowest BCUT2D eigenvalue weighted by molar-refractivity contribution is -0.146. The Hall–Kier alpha value is -2.59. The average Bonchev–Trinajstić information content (AvgIpc) is 3.17. The fourth-order valence-electron chi connectivity index (χ4n) is 3.49. The summed E-state index contributed by atoms with van der Waals surface area (Å²) in [5.41, 5.74) is 0.787. The molecule has 0 radical (unpaired) electrons. The molecule has 1 aliphatic heterocycles. The summed E-state index contributed by atoms with van der Waals surface area (Å²) in [5, 5.41) is 14.6. The normalized spacial score (nSPS) is 15.5. The molecule has 7 nitrogen and oxygen atoms in total. The first-order valence-electron chi connectivity index (χ1n) is 9.48. The molecule has 0 aliphatic carbocycles. The van der Waals surface area contributed by atoms with E-state index in [0.29, 0.717) is 52.9 Å². The minimum atomic E-state index is -4.65. The number of carbonyl (C=O) groups is 1. The van der Waals surface area contributed by atoms with Crippen molar-refractivity contribution in [2.24, 2.45) is 5.92 Å². The molecule has 0 atom stereocenters. The average molecular weight is 473 g/mol. The minimum Gasteiger partial charge on any atom is -0.355 e. The molecule has 1 fully saturated rings. The Morgan fingerprint density at radius 1 is 1.13 bits per heavy atom. The van der Waals surface area contributed by atoms with Crippen molar-refractivity contribution in [3.05, 3.63) is 51.8 Å². The molecule has 1 aromatic carbocycles. The van der Waals surface area contributed by atoms with E-state index < -0.39 is 12.0 Å². The van der Waals surface area contributed by atoms with Crippen LogP contribution in [0.1, 0.15) is 24.2 Å². The summed E-state index contributed by atoms with van der Waals surface area (Å²) in [6, 6.07) is 8.13. The van der Waals surface area contributed by atoms with E-state index in [-0.39, 0.29) is 17.5 Å². The number of fused-ring (bicyclic) bond motifs is 1. The van der Waals surface area contributed by atoms with Crippen molar-refractivity contribution < 1.29 is 18.0 Å². The molecule has 1 aliphatic rings. The fraction of sp³-hybridized carbons (Fsp3) is 0.368. The Labute approximate surface area is 185 Å². The van der Waals surface area contributed by atoms with Crippen LogP contribution >= 0.6 is 23.2 Å². The summed E-state index contributed by atoms with van der Waals surface area (Å²) in [6.07, 6.45) is -3.55. The van der Waals surface area contributed by atoms with Gasteiger partial charge in [0.1, 0.15) is 5.82 Å². The van der Waals surface area contributed by atoms with Crippen molar-refractivity contribution in [3.8, 4) is 0 Å². The predicted molar refractivity (Wildman–Crippen MR) is 109 cm³/mol. The van der Waals surface area contributed by atoms with Crippen LogP contribution in [0.3, 0.4) is 0 Å². The van der Waals surface area contributed by atoms with E-state index in [2.05, 4.69) is 20.6 Å². The molecule has 31 heavy (non-hydrogen) atoms. The lowest BCUT2D eigenvalue weighted by Crippen LogP contribution is -2.40. The number of hydrogen-bond acceptors (Lipinski definition) is 5. The maximum absolute atomic E-state index is 13.1. The molecule has 0 saturated carbocycles. The molecule has 0 spiro atoms. The van der Waals surface area contributed by atoms with Gasteiger partial charge in [-0.05, 0) is 42.7 Å². The third kappa shape index (κ3) is 4.69. The number of nitrogens with zero attached hydrogens (tertiary/aromatic N) is 5. The second-order valence-corrected chi connectivity index (χ2v) is 8.04. The fourth-order valence-corrected chi connectivity index (χ4v) is 3.96. The van der Waals surface area contributed by atoms with Gasteiger partial charge in [-0.15, -0.1) is 15.3 Å². The van der Waals surface area contributed by atoms with Gasteiger partial charge < -0.3 is 10.2 Å².